The van der Waals surface area contributed by atoms with Crippen LogP contribution in [-0.4, -0.2) is 19.1 Å². The smallest absolute Gasteiger partial charge is 0.0447 e. The Morgan fingerprint density at radius 3 is 2.93 bits per heavy atom. The van der Waals surface area contributed by atoms with E-state index in [0.29, 0.717) is 5.92 Å². The van der Waals surface area contributed by atoms with E-state index in [9.17, 15) is 0 Å². The molecule has 1 aliphatic heterocycles. The zero-order valence-electron chi connectivity index (χ0n) is 8.91. The molecule has 0 aromatic heterocycles. The monoisotopic (exact) mass is 223 g/mol. The highest BCUT2D eigenvalue weighted by molar-refractivity contribution is 6.30. The minimum atomic E-state index is 0.280. The van der Waals surface area contributed by atoms with E-state index < -0.39 is 0 Å². The van der Waals surface area contributed by atoms with Gasteiger partial charge in [-0.2, -0.15) is 0 Å². The number of hydrogen-bond acceptors (Lipinski definition) is 2. The van der Waals surface area contributed by atoms with Crippen molar-refractivity contribution in [3.8, 4) is 0 Å². The Kier molecular flexibility index (Phi) is 3.17. The van der Waals surface area contributed by atoms with Gasteiger partial charge in [0.25, 0.3) is 0 Å². The van der Waals surface area contributed by atoms with Crippen molar-refractivity contribution in [3.05, 3.63) is 29.3 Å². The molecule has 2 nitrogen and oxygen atoms in total. The first-order chi connectivity index (χ1) is 7.16. The minimum absolute atomic E-state index is 0.280. The number of anilines is 1. The van der Waals surface area contributed by atoms with Crippen LogP contribution in [0.15, 0.2) is 18.2 Å². The summed E-state index contributed by atoms with van der Waals surface area (Å²) in [4.78, 5) is 2.32. The van der Waals surface area contributed by atoms with Crippen LogP contribution in [0.4, 0.5) is 5.69 Å². The zero-order chi connectivity index (χ0) is 10.8. The molecule has 1 heterocycles. The third-order valence-corrected chi connectivity index (χ3v) is 3.30. The Bertz CT molecular complexity index is 321. The van der Waals surface area contributed by atoms with E-state index in [1.807, 2.05) is 18.2 Å². The van der Waals surface area contributed by atoms with Gasteiger partial charge in [-0.3, -0.25) is 0 Å². The topological polar surface area (TPSA) is 29.3 Å². The maximum atomic E-state index is 5.90. The van der Waals surface area contributed by atoms with Crippen LogP contribution in [-0.2, 0) is 0 Å². The minimum Gasteiger partial charge on any atom is -0.371 e. The number of nitrogens with two attached hydrogens (primary N) is 1. The fourth-order valence-corrected chi connectivity index (χ4v) is 2.15. The molecule has 2 atom stereocenters. The quantitative estimate of drug-likeness (QED) is 0.834. The normalized spacial score (nSPS) is 23.1. The van der Waals surface area contributed by atoms with E-state index in [1.165, 1.54) is 6.42 Å². The van der Waals surface area contributed by atoms with Crippen LogP contribution < -0.4 is 10.6 Å². The van der Waals surface area contributed by atoms with Crippen molar-refractivity contribution in [1.29, 1.82) is 0 Å². The van der Waals surface area contributed by atoms with E-state index in [0.717, 1.165) is 23.8 Å². The number of benzene rings is 1. The molecule has 81 valence electrons. The molecular formula is C12H16ClN2. The largest absolute Gasteiger partial charge is 0.371 e. The molecule has 0 spiro atoms. The first-order valence-electron chi connectivity index (χ1n) is 5.34. The Morgan fingerprint density at radius 2 is 2.40 bits per heavy atom. The average Bonchev–Trinajstić information content (AvgIpc) is 2.68. The highest BCUT2D eigenvalue weighted by Crippen LogP contribution is 2.25. The van der Waals surface area contributed by atoms with Gasteiger partial charge < -0.3 is 10.6 Å². The van der Waals surface area contributed by atoms with Crippen molar-refractivity contribution in [1.82, 2.24) is 0 Å². The molecular weight excluding hydrogens is 208 g/mol. The van der Waals surface area contributed by atoms with Crippen LogP contribution in [0.25, 0.3) is 0 Å². The summed E-state index contributed by atoms with van der Waals surface area (Å²) >= 11 is 5.83. The molecule has 2 N–H and O–H groups in total. The summed E-state index contributed by atoms with van der Waals surface area (Å²) in [5.74, 6) is 0.606. The van der Waals surface area contributed by atoms with Crippen molar-refractivity contribution >= 4 is 17.3 Å². The van der Waals surface area contributed by atoms with E-state index >= 15 is 0 Å². The SMILES string of the molecule is CC(N)C1CCN(c2[c]cc(Cl)cc2)C1. The third kappa shape index (κ3) is 2.44. The first kappa shape index (κ1) is 10.8. The van der Waals surface area contributed by atoms with E-state index in [4.69, 9.17) is 17.3 Å². The van der Waals surface area contributed by atoms with Gasteiger partial charge in [0.1, 0.15) is 0 Å². The second-order valence-electron chi connectivity index (χ2n) is 4.25. The van der Waals surface area contributed by atoms with Crippen molar-refractivity contribution in [2.75, 3.05) is 18.0 Å². The Hall–Kier alpha value is -0.730. The molecule has 1 aliphatic rings. The fourth-order valence-electron chi connectivity index (χ4n) is 2.03. The standard InChI is InChI=1S/C12H16ClN2/c1-9(14)10-6-7-15(8-10)12-4-2-11(13)3-5-12/h2-4,9-10H,6-8,14H2,1H3. The number of hydrogen-bond donors (Lipinski definition) is 1. The maximum absolute atomic E-state index is 5.90. The second-order valence-corrected chi connectivity index (χ2v) is 4.68. The first-order valence-corrected chi connectivity index (χ1v) is 5.72. The highest BCUT2D eigenvalue weighted by Gasteiger charge is 2.25. The predicted octanol–water partition coefficient (Wildman–Crippen LogP) is 2.31. The Morgan fingerprint density at radius 1 is 1.60 bits per heavy atom. The van der Waals surface area contributed by atoms with E-state index in [2.05, 4.69) is 17.9 Å². The van der Waals surface area contributed by atoms with Gasteiger partial charge in [-0.15, -0.1) is 0 Å². The van der Waals surface area contributed by atoms with Gasteiger partial charge in [0, 0.05) is 35.9 Å². The molecule has 0 saturated carbocycles. The summed E-state index contributed by atoms with van der Waals surface area (Å²) < 4.78 is 0. The lowest BCUT2D eigenvalue weighted by Crippen LogP contribution is -2.29. The molecule has 1 fully saturated rings. The summed E-state index contributed by atoms with van der Waals surface area (Å²) in [6.45, 7) is 4.19. The van der Waals surface area contributed by atoms with Crippen molar-refractivity contribution in [2.45, 2.75) is 19.4 Å². The Balaban J connectivity index is 2.04. The van der Waals surface area contributed by atoms with Gasteiger partial charge in [-0.25, -0.2) is 0 Å². The average molecular weight is 224 g/mol. The number of nitrogens with zero attached hydrogens (tertiary/aromatic N) is 1. The molecule has 0 amide bonds. The van der Waals surface area contributed by atoms with Crippen LogP contribution in [0.5, 0.6) is 0 Å². The zero-order valence-corrected chi connectivity index (χ0v) is 9.67. The summed E-state index contributed by atoms with van der Waals surface area (Å²) in [6.07, 6.45) is 1.17. The van der Waals surface area contributed by atoms with Gasteiger partial charge in [-0.1, -0.05) is 11.6 Å². The molecule has 15 heavy (non-hydrogen) atoms. The molecule has 1 aromatic rings. The van der Waals surface area contributed by atoms with Gasteiger partial charge in [0.05, 0.1) is 0 Å². The second kappa shape index (κ2) is 4.42. The molecule has 0 bridgehead atoms. The highest BCUT2D eigenvalue weighted by atomic mass is 35.5. The molecule has 2 rings (SSSR count). The van der Waals surface area contributed by atoms with Gasteiger partial charge in [0.15, 0.2) is 0 Å². The van der Waals surface area contributed by atoms with E-state index in [-0.39, 0.29) is 6.04 Å². The molecule has 1 saturated heterocycles. The molecule has 3 heteroatoms. The third-order valence-electron chi connectivity index (χ3n) is 3.07. The lowest BCUT2D eigenvalue weighted by molar-refractivity contribution is 0.488. The van der Waals surface area contributed by atoms with Crippen LogP contribution in [0.2, 0.25) is 5.02 Å². The predicted molar refractivity (Wildman–Crippen MR) is 64.3 cm³/mol. The molecule has 1 radical (unpaired) electrons. The number of rotatable bonds is 2. The maximum Gasteiger partial charge on any atom is 0.0447 e. The summed E-state index contributed by atoms with van der Waals surface area (Å²) in [6, 6.07) is 9.22. The summed E-state index contributed by atoms with van der Waals surface area (Å²) in [5.41, 5.74) is 7.03. The van der Waals surface area contributed by atoms with Crippen LogP contribution in [0, 0.1) is 12.0 Å². The van der Waals surface area contributed by atoms with Gasteiger partial charge in [-0.05, 0) is 37.5 Å². The summed E-state index contributed by atoms with van der Waals surface area (Å²) in [7, 11) is 0. The molecule has 0 aliphatic carbocycles. The van der Waals surface area contributed by atoms with Crippen LogP contribution in [0.3, 0.4) is 0 Å². The van der Waals surface area contributed by atoms with Gasteiger partial charge in [0.2, 0.25) is 0 Å². The van der Waals surface area contributed by atoms with Crippen molar-refractivity contribution in [3.63, 3.8) is 0 Å². The molecule has 2 unspecified atom stereocenters. The van der Waals surface area contributed by atoms with E-state index in [1.54, 1.807) is 0 Å². The van der Waals surface area contributed by atoms with Crippen LogP contribution >= 0.6 is 11.6 Å². The number of halogens is 1. The fraction of sp³-hybridized carbons (Fsp3) is 0.500. The Labute approximate surface area is 96.0 Å². The van der Waals surface area contributed by atoms with Gasteiger partial charge >= 0.3 is 0 Å². The van der Waals surface area contributed by atoms with Crippen molar-refractivity contribution in [2.24, 2.45) is 11.7 Å². The lowest BCUT2D eigenvalue weighted by Gasteiger charge is -2.19. The molecule has 1 aromatic carbocycles. The van der Waals surface area contributed by atoms with Crippen molar-refractivity contribution < 1.29 is 0 Å². The lowest BCUT2D eigenvalue weighted by atomic mass is 10.0. The summed E-state index contributed by atoms with van der Waals surface area (Å²) in [5, 5.41) is 0.738. The van der Waals surface area contributed by atoms with Crippen LogP contribution in [0.1, 0.15) is 13.3 Å².